The van der Waals surface area contributed by atoms with Crippen LogP contribution in [0.25, 0.3) is 0 Å². The third-order valence-corrected chi connectivity index (χ3v) is 3.45. The lowest BCUT2D eigenvalue weighted by atomic mass is 10.0. The van der Waals surface area contributed by atoms with Crippen molar-refractivity contribution in [3.05, 3.63) is 46.7 Å². The minimum atomic E-state index is -0.524. The Balaban J connectivity index is 1.84. The standard InChI is InChI=1S/C13H14F2N2/c14-9-1-2-10(11(15)6-9)13-5-8-7-16-4-3-12(8)17-13/h1-2,6,13,16-17H,3-5,7H2. The van der Waals surface area contributed by atoms with Gasteiger partial charge in [-0.1, -0.05) is 6.07 Å². The highest BCUT2D eigenvalue weighted by molar-refractivity contribution is 5.32. The molecular formula is C13H14F2N2. The van der Waals surface area contributed by atoms with E-state index in [2.05, 4.69) is 10.6 Å². The third-order valence-electron chi connectivity index (χ3n) is 3.45. The van der Waals surface area contributed by atoms with E-state index in [1.54, 1.807) is 0 Å². The molecule has 90 valence electrons. The first-order chi connectivity index (χ1) is 8.24. The summed E-state index contributed by atoms with van der Waals surface area (Å²) in [4.78, 5) is 0. The van der Waals surface area contributed by atoms with Crippen LogP contribution in [0.3, 0.4) is 0 Å². The van der Waals surface area contributed by atoms with Crippen molar-refractivity contribution in [1.29, 1.82) is 0 Å². The highest BCUT2D eigenvalue weighted by Gasteiger charge is 2.27. The molecule has 0 aromatic heterocycles. The van der Waals surface area contributed by atoms with E-state index in [4.69, 9.17) is 0 Å². The van der Waals surface area contributed by atoms with Crippen LogP contribution < -0.4 is 10.6 Å². The lowest BCUT2D eigenvalue weighted by molar-refractivity contribution is 0.539. The smallest absolute Gasteiger partial charge is 0.131 e. The Morgan fingerprint density at radius 3 is 2.88 bits per heavy atom. The maximum absolute atomic E-state index is 13.7. The maximum atomic E-state index is 13.7. The van der Waals surface area contributed by atoms with E-state index >= 15 is 0 Å². The van der Waals surface area contributed by atoms with Crippen LogP contribution >= 0.6 is 0 Å². The summed E-state index contributed by atoms with van der Waals surface area (Å²) in [7, 11) is 0. The summed E-state index contributed by atoms with van der Waals surface area (Å²) in [5.74, 6) is -0.987. The summed E-state index contributed by atoms with van der Waals surface area (Å²) in [6, 6.07) is 3.76. The predicted octanol–water partition coefficient (Wildman–Crippen LogP) is 2.25. The summed E-state index contributed by atoms with van der Waals surface area (Å²) in [5, 5.41) is 6.65. The van der Waals surface area contributed by atoms with Gasteiger partial charge in [-0.05, 0) is 24.5 Å². The highest BCUT2D eigenvalue weighted by atomic mass is 19.1. The van der Waals surface area contributed by atoms with Gasteiger partial charge in [-0.25, -0.2) is 8.78 Å². The Bertz CT molecular complexity index is 464. The second-order valence-electron chi connectivity index (χ2n) is 4.58. The monoisotopic (exact) mass is 236 g/mol. The molecule has 4 heteroatoms. The molecule has 2 nitrogen and oxygen atoms in total. The molecule has 2 aliphatic heterocycles. The van der Waals surface area contributed by atoms with Crippen molar-refractivity contribution < 1.29 is 8.78 Å². The lowest BCUT2D eigenvalue weighted by Crippen LogP contribution is -2.25. The molecule has 2 aliphatic rings. The molecule has 0 fully saturated rings. The Morgan fingerprint density at radius 1 is 1.24 bits per heavy atom. The van der Waals surface area contributed by atoms with Crippen LogP contribution in [0.2, 0.25) is 0 Å². The molecule has 0 amide bonds. The summed E-state index contributed by atoms with van der Waals surface area (Å²) in [6.45, 7) is 1.84. The van der Waals surface area contributed by atoms with Crippen molar-refractivity contribution in [3.63, 3.8) is 0 Å². The predicted molar refractivity (Wildman–Crippen MR) is 61.4 cm³/mol. The van der Waals surface area contributed by atoms with Crippen molar-refractivity contribution in [2.24, 2.45) is 0 Å². The number of rotatable bonds is 1. The van der Waals surface area contributed by atoms with Gasteiger partial charge in [0, 0.05) is 30.4 Å². The fourth-order valence-corrected chi connectivity index (χ4v) is 2.59. The molecule has 17 heavy (non-hydrogen) atoms. The van der Waals surface area contributed by atoms with Gasteiger partial charge in [0.1, 0.15) is 11.6 Å². The number of benzene rings is 1. The van der Waals surface area contributed by atoms with Crippen molar-refractivity contribution in [2.45, 2.75) is 18.9 Å². The molecule has 0 spiro atoms. The normalized spacial score (nSPS) is 23.5. The second kappa shape index (κ2) is 4.11. The second-order valence-corrected chi connectivity index (χ2v) is 4.58. The summed E-state index contributed by atoms with van der Waals surface area (Å²) in [5.41, 5.74) is 3.11. The third kappa shape index (κ3) is 1.93. The number of hydrogen-bond donors (Lipinski definition) is 2. The lowest BCUT2D eigenvalue weighted by Gasteiger charge is -2.15. The van der Waals surface area contributed by atoms with Crippen LogP contribution in [0.5, 0.6) is 0 Å². The summed E-state index contributed by atoms with van der Waals surface area (Å²) in [6.07, 6.45) is 1.78. The topological polar surface area (TPSA) is 24.1 Å². The van der Waals surface area contributed by atoms with Gasteiger partial charge in [0.15, 0.2) is 0 Å². The molecule has 3 rings (SSSR count). The molecule has 0 radical (unpaired) electrons. The first kappa shape index (κ1) is 10.7. The highest BCUT2D eigenvalue weighted by Crippen LogP contribution is 2.33. The Morgan fingerprint density at radius 2 is 2.12 bits per heavy atom. The largest absolute Gasteiger partial charge is 0.381 e. The van der Waals surface area contributed by atoms with Crippen molar-refractivity contribution in [1.82, 2.24) is 10.6 Å². The minimum Gasteiger partial charge on any atom is -0.381 e. The molecule has 1 aromatic carbocycles. The maximum Gasteiger partial charge on any atom is 0.131 e. The van der Waals surface area contributed by atoms with Gasteiger partial charge in [-0.2, -0.15) is 0 Å². The Labute approximate surface area is 98.7 Å². The first-order valence-electron chi connectivity index (χ1n) is 5.87. The average Bonchev–Trinajstić information content (AvgIpc) is 2.72. The summed E-state index contributed by atoms with van der Waals surface area (Å²) < 4.78 is 26.5. The number of hydrogen-bond acceptors (Lipinski definition) is 2. The van der Waals surface area contributed by atoms with E-state index in [1.807, 2.05) is 0 Å². The molecule has 0 aliphatic carbocycles. The summed E-state index contributed by atoms with van der Waals surface area (Å²) >= 11 is 0. The van der Waals surface area contributed by atoms with Crippen molar-refractivity contribution in [3.8, 4) is 0 Å². The quantitative estimate of drug-likeness (QED) is 0.781. The fraction of sp³-hybridized carbons (Fsp3) is 0.385. The molecule has 1 aromatic rings. The van der Waals surface area contributed by atoms with Crippen LogP contribution in [-0.4, -0.2) is 13.1 Å². The van der Waals surface area contributed by atoms with E-state index in [0.717, 1.165) is 32.0 Å². The van der Waals surface area contributed by atoms with E-state index in [0.29, 0.717) is 5.56 Å². The zero-order valence-electron chi connectivity index (χ0n) is 9.39. The Hall–Kier alpha value is -1.42. The molecule has 0 saturated carbocycles. The van der Waals surface area contributed by atoms with Gasteiger partial charge in [0.2, 0.25) is 0 Å². The van der Waals surface area contributed by atoms with Gasteiger partial charge in [-0.3, -0.25) is 0 Å². The Kier molecular flexibility index (Phi) is 2.59. The molecule has 1 unspecified atom stereocenters. The van der Waals surface area contributed by atoms with Gasteiger partial charge in [0.25, 0.3) is 0 Å². The van der Waals surface area contributed by atoms with E-state index < -0.39 is 11.6 Å². The van der Waals surface area contributed by atoms with E-state index in [1.165, 1.54) is 23.4 Å². The van der Waals surface area contributed by atoms with Crippen LogP contribution in [0.1, 0.15) is 24.4 Å². The molecule has 2 heterocycles. The van der Waals surface area contributed by atoms with E-state index in [9.17, 15) is 8.78 Å². The fourth-order valence-electron chi connectivity index (χ4n) is 2.59. The molecule has 1 atom stereocenters. The zero-order valence-corrected chi connectivity index (χ0v) is 9.39. The molecular weight excluding hydrogens is 222 g/mol. The number of nitrogens with one attached hydrogen (secondary N) is 2. The van der Waals surface area contributed by atoms with Crippen molar-refractivity contribution >= 4 is 0 Å². The van der Waals surface area contributed by atoms with Crippen LogP contribution in [0.4, 0.5) is 8.78 Å². The SMILES string of the molecule is Fc1ccc(C2CC3=C(CCNC3)N2)c(F)c1. The van der Waals surface area contributed by atoms with E-state index in [-0.39, 0.29) is 6.04 Å². The minimum absolute atomic E-state index is 0.0412. The average molecular weight is 236 g/mol. The van der Waals surface area contributed by atoms with Crippen LogP contribution in [0.15, 0.2) is 29.5 Å². The van der Waals surface area contributed by atoms with Gasteiger partial charge >= 0.3 is 0 Å². The zero-order chi connectivity index (χ0) is 11.8. The van der Waals surface area contributed by atoms with Gasteiger partial charge < -0.3 is 10.6 Å². The molecule has 0 saturated heterocycles. The van der Waals surface area contributed by atoms with Crippen molar-refractivity contribution in [2.75, 3.05) is 13.1 Å². The van der Waals surface area contributed by atoms with Crippen LogP contribution in [-0.2, 0) is 0 Å². The van der Waals surface area contributed by atoms with Gasteiger partial charge in [-0.15, -0.1) is 0 Å². The molecule has 2 N–H and O–H groups in total. The first-order valence-corrected chi connectivity index (χ1v) is 5.87. The van der Waals surface area contributed by atoms with Gasteiger partial charge in [0.05, 0.1) is 6.04 Å². The number of halogens is 2. The molecule has 0 bridgehead atoms. The van der Waals surface area contributed by atoms with Crippen LogP contribution in [0, 0.1) is 11.6 Å².